The molecule has 1 aromatic carbocycles. The van der Waals surface area contributed by atoms with Crippen LogP contribution in [0, 0.1) is 0 Å². The molecule has 1 heterocycles. The number of benzene rings is 1. The zero-order valence-electron chi connectivity index (χ0n) is 11.9. The zero-order valence-corrected chi connectivity index (χ0v) is 13.4. The topological polar surface area (TPSA) is 38.2 Å². The molecule has 118 valence electrons. The number of aromatic nitrogens is 2. The van der Waals surface area contributed by atoms with Crippen LogP contribution in [0.25, 0.3) is 0 Å². The van der Waals surface area contributed by atoms with E-state index < -0.39 is 11.7 Å². The van der Waals surface area contributed by atoms with Crippen LogP contribution in [0.4, 0.5) is 24.7 Å². The van der Waals surface area contributed by atoms with E-state index in [0.717, 1.165) is 10.7 Å². The van der Waals surface area contributed by atoms with Crippen LogP contribution in [0.2, 0.25) is 0 Å². The minimum absolute atomic E-state index is 0.0885. The van der Waals surface area contributed by atoms with Gasteiger partial charge in [0.2, 0.25) is 0 Å². The van der Waals surface area contributed by atoms with Crippen molar-refractivity contribution < 1.29 is 17.9 Å². The fraction of sp³-hybridized carbons (Fsp3) is 0.286. The maximum absolute atomic E-state index is 13.2. The van der Waals surface area contributed by atoms with Gasteiger partial charge < -0.3 is 9.64 Å². The minimum Gasteiger partial charge on any atom is -0.464 e. The Hall–Kier alpha value is -1.83. The van der Waals surface area contributed by atoms with Crippen molar-refractivity contribution >= 4 is 27.4 Å². The molecule has 2 rings (SSSR count). The summed E-state index contributed by atoms with van der Waals surface area (Å²) in [5.41, 5.74) is -0.351. The first-order valence-corrected chi connectivity index (χ1v) is 7.18. The summed E-state index contributed by atoms with van der Waals surface area (Å²) in [7, 11) is 1.51. The number of ether oxygens (including phenoxy) is 1. The second-order valence-corrected chi connectivity index (χ2v) is 5.27. The fourth-order valence-electron chi connectivity index (χ4n) is 1.80. The Balaban J connectivity index is 2.49. The maximum atomic E-state index is 13.2. The smallest absolute Gasteiger partial charge is 0.421 e. The molecule has 0 N–H and O–H groups in total. The summed E-state index contributed by atoms with van der Waals surface area (Å²) in [5.74, 6) is -0.256. The van der Waals surface area contributed by atoms with Crippen LogP contribution in [0.15, 0.2) is 34.9 Å². The molecule has 4 nitrogen and oxygen atoms in total. The monoisotopic (exact) mass is 375 g/mol. The van der Waals surface area contributed by atoms with Crippen LogP contribution in [-0.4, -0.2) is 23.6 Å². The number of anilines is 2. The molecule has 0 fully saturated rings. The first-order chi connectivity index (χ1) is 10.3. The van der Waals surface area contributed by atoms with Crippen LogP contribution in [-0.2, 0) is 6.18 Å². The molecular weight excluding hydrogens is 363 g/mol. The van der Waals surface area contributed by atoms with Crippen molar-refractivity contribution in [3.63, 3.8) is 0 Å². The normalized spacial score (nSPS) is 11.4. The summed E-state index contributed by atoms with van der Waals surface area (Å²) in [6.45, 7) is 1.98. The molecule has 0 aliphatic heterocycles. The lowest BCUT2D eigenvalue weighted by Crippen LogP contribution is -2.19. The van der Waals surface area contributed by atoms with Crippen LogP contribution in [0.3, 0.4) is 0 Å². The molecule has 0 amide bonds. The Bertz CT molecular complexity index is 647. The highest BCUT2D eigenvalue weighted by molar-refractivity contribution is 9.10. The van der Waals surface area contributed by atoms with Crippen LogP contribution >= 0.6 is 15.9 Å². The zero-order chi connectivity index (χ0) is 16.3. The predicted octanol–water partition coefficient (Wildman–Crippen LogP) is 4.42. The molecular formula is C14H13BrF3N3O. The highest BCUT2D eigenvalue weighted by Gasteiger charge is 2.36. The van der Waals surface area contributed by atoms with Gasteiger partial charge in [0.15, 0.2) is 5.82 Å². The lowest BCUT2D eigenvalue weighted by molar-refractivity contribution is -0.137. The Morgan fingerprint density at radius 2 is 1.86 bits per heavy atom. The van der Waals surface area contributed by atoms with Crippen molar-refractivity contribution in [2.24, 2.45) is 0 Å². The number of hydrogen-bond acceptors (Lipinski definition) is 4. The molecule has 22 heavy (non-hydrogen) atoms. The van der Waals surface area contributed by atoms with Crippen molar-refractivity contribution in [3.05, 3.63) is 40.5 Å². The Morgan fingerprint density at radius 3 is 2.41 bits per heavy atom. The average molecular weight is 376 g/mol. The summed E-state index contributed by atoms with van der Waals surface area (Å²) in [4.78, 5) is 8.83. The summed E-state index contributed by atoms with van der Waals surface area (Å²) in [6, 6.07) is 6.77. The number of hydrogen-bond donors (Lipinski definition) is 0. The summed E-state index contributed by atoms with van der Waals surface area (Å²) < 4.78 is 45.4. The van der Waals surface area contributed by atoms with Crippen molar-refractivity contribution in [2.45, 2.75) is 13.1 Å². The lowest BCUT2D eigenvalue weighted by Gasteiger charge is -2.22. The van der Waals surface area contributed by atoms with Crippen LogP contribution in [0.1, 0.15) is 12.5 Å². The van der Waals surface area contributed by atoms with Crippen LogP contribution < -0.4 is 9.64 Å². The van der Waals surface area contributed by atoms with Crippen molar-refractivity contribution in [1.82, 2.24) is 9.97 Å². The molecule has 0 aliphatic rings. The second-order valence-electron chi connectivity index (χ2n) is 4.36. The van der Waals surface area contributed by atoms with Gasteiger partial charge in [0.1, 0.15) is 5.56 Å². The predicted molar refractivity (Wildman–Crippen MR) is 80.4 cm³/mol. The number of nitrogens with zero attached hydrogens (tertiary/aromatic N) is 3. The van der Waals surface area contributed by atoms with E-state index in [9.17, 15) is 13.2 Å². The quantitative estimate of drug-likeness (QED) is 0.792. The van der Waals surface area contributed by atoms with Gasteiger partial charge in [0.05, 0.1) is 6.61 Å². The first kappa shape index (κ1) is 16.5. The Labute approximate surface area is 134 Å². The third kappa shape index (κ3) is 3.68. The van der Waals surface area contributed by atoms with Gasteiger partial charge in [-0.25, -0.2) is 4.98 Å². The molecule has 2 aromatic rings. The van der Waals surface area contributed by atoms with Gasteiger partial charge >= 0.3 is 12.2 Å². The molecule has 0 radical (unpaired) electrons. The number of alkyl halides is 3. The highest BCUT2D eigenvalue weighted by Crippen LogP contribution is 2.37. The van der Waals surface area contributed by atoms with E-state index in [4.69, 9.17) is 4.74 Å². The summed E-state index contributed by atoms with van der Waals surface area (Å²) >= 11 is 3.29. The fourth-order valence-corrected chi connectivity index (χ4v) is 2.06. The van der Waals surface area contributed by atoms with Crippen molar-refractivity contribution in [2.75, 3.05) is 18.6 Å². The largest absolute Gasteiger partial charge is 0.464 e. The molecule has 0 saturated heterocycles. The lowest BCUT2D eigenvalue weighted by atomic mass is 10.2. The van der Waals surface area contributed by atoms with E-state index in [1.54, 1.807) is 31.2 Å². The van der Waals surface area contributed by atoms with Gasteiger partial charge in [-0.2, -0.15) is 18.2 Å². The SMILES string of the molecule is CCOc1ncc(C(F)(F)F)c(N(C)c2ccc(Br)cc2)n1. The van der Waals surface area contributed by atoms with Gasteiger partial charge in [-0.3, -0.25) is 0 Å². The molecule has 1 aromatic heterocycles. The van der Waals surface area contributed by atoms with Gasteiger partial charge in [-0.05, 0) is 31.2 Å². The van der Waals surface area contributed by atoms with Crippen LogP contribution in [0.5, 0.6) is 6.01 Å². The summed E-state index contributed by atoms with van der Waals surface area (Å²) in [5, 5.41) is 0. The van der Waals surface area contributed by atoms with E-state index >= 15 is 0 Å². The standard InChI is InChI=1S/C14H13BrF3N3O/c1-3-22-13-19-8-11(14(16,17)18)12(20-13)21(2)10-6-4-9(15)5-7-10/h4-8H,3H2,1-2H3. The number of halogens is 4. The van der Waals surface area contributed by atoms with Gasteiger partial charge in [0, 0.05) is 23.4 Å². The van der Waals surface area contributed by atoms with Gasteiger partial charge in [-0.15, -0.1) is 0 Å². The Kier molecular flexibility index (Phi) is 4.90. The summed E-state index contributed by atoms with van der Waals surface area (Å²) in [6.07, 6.45) is -3.81. The van der Waals surface area contributed by atoms with E-state index in [-0.39, 0.29) is 18.4 Å². The number of rotatable bonds is 4. The molecule has 0 aliphatic carbocycles. The molecule has 0 unspecified atom stereocenters. The van der Waals surface area contributed by atoms with Gasteiger partial charge in [-0.1, -0.05) is 15.9 Å². The maximum Gasteiger partial charge on any atom is 0.421 e. The second kappa shape index (κ2) is 6.51. The molecule has 8 heteroatoms. The third-order valence-corrected chi connectivity index (χ3v) is 3.39. The van der Waals surface area contributed by atoms with E-state index in [2.05, 4.69) is 25.9 Å². The van der Waals surface area contributed by atoms with Crippen molar-refractivity contribution in [1.29, 1.82) is 0 Å². The average Bonchev–Trinajstić information content (AvgIpc) is 2.46. The molecule has 0 spiro atoms. The molecule has 0 bridgehead atoms. The van der Waals surface area contributed by atoms with E-state index in [1.807, 2.05) is 0 Å². The molecule has 0 saturated carbocycles. The van der Waals surface area contributed by atoms with Gasteiger partial charge in [0.25, 0.3) is 0 Å². The highest BCUT2D eigenvalue weighted by atomic mass is 79.9. The molecule has 0 atom stereocenters. The Morgan fingerprint density at radius 1 is 1.23 bits per heavy atom. The minimum atomic E-state index is -4.55. The van der Waals surface area contributed by atoms with E-state index in [0.29, 0.717) is 5.69 Å². The van der Waals surface area contributed by atoms with E-state index in [1.165, 1.54) is 11.9 Å². The first-order valence-electron chi connectivity index (χ1n) is 6.39. The third-order valence-electron chi connectivity index (χ3n) is 2.86. The van der Waals surface area contributed by atoms with Crippen molar-refractivity contribution in [3.8, 4) is 6.01 Å².